The number of hydrogen-bond acceptors (Lipinski definition) is 0. The average Bonchev–Trinajstić information content (AvgIpc) is 1.62. The predicted octanol–water partition coefficient (Wildman–Crippen LogP) is 3.90. The molecule has 0 aromatic carbocycles. The summed E-state index contributed by atoms with van der Waals surface area (Å²) in [6.45, 7) is 0. The van der Waals surface area contributed by atoms with Gasteiger partial charge in [0.05, 0.1) is 0 Å². The van der Waals surface area contributed by atoms with Crippen molar-refractivity contribution in [1.82, 2.24) is 0 Å². The molecule has 9 heavy (non-hydrogen) atoms. The summed E-state index contributed by atoms with van der Waals surface area (Å²) >= 11 is 6.94. The highest BCUT2D eigenvalue weighted by molar-refractivity contribution is 9.26. The summed E-state index contributed by atoms with van der Waals surface area (Å²) in [4.78, 5) is 0. The monoisotopic (exact) mass is 330 g/mol. The van der Waals surface area contributed by atoms with Crippen LogP contribution in [0.4, 0.5) is 13.2 Å². The van der Waals surface area contributed by atoms with E-state index in [9.17, 15) is 13.2 Å². The van der Waals surface area contributed by atoms with E-state index in [0.29, 0.717) is 0 Å². The third-order valence-corrected chi connectivity index (χ3v) is 3.12. The van der Waals surface area contributed by atoms with E-state index in [1.807, 2.05) is 0 Å². The molecule has 0 bridgehead atoms. The molecule has 0 aromatic heterocycles. The first-order valence-corrected chi connectivity index (χ1v) is 4.01. The minimum absolute atomic E-state index is 0.852. The first-order chi connectivity index (χ1) is 3.85. The maximum atomic E-state index is 12.3. The van der Waals surface area contributed by atoms with Crippen molar-refractivity contribution in [2.75, 3.05) is 0 Å². The summed E-state index contributed by atoms with van der Waals surface area (Å²) in [7, 11) is 0. The van der Waals surface area contributed by atoms with E-state index in [2.05, 4.69) is 47.8 Å². The Kier molecular flexibility index (Phi) is 3.75. The van der Waals surface area contributed by atoms with Crippen LogP contribution in [0.15, 0.2) is 10.6 Å². The highest BCUT2D eigenvalue weighted by Crippen LogP contribution is 2.41. The number of halogens is 6. The molecule has 0 amide bonds. The Morgan fingerprint density at radius 1 is 1.22 bits per heavy atom. The molecule has 0 rings (SSSR count). The minimum Gasteiger partial charge on any atom is -0.212 e. The topological polar surface area (TPSA) is 0 Å². The highest BCUT2D eigenvalue weighted by atomic mass is 79.9. The smallest absolute Gasteiger partial charge is 0.212 e. The van der Waals surface area contributed by atoms with Crippen LogP contribution in [-0.2, 0) is 0 Å². The molecule has 0 aliphatic carbocycles. The van der Waals surface area contributed by atoms with Gasteiger partial charge >= 0.3 is 0 Å². The molecule has 0 atom stereocenters. The van der Waals surface area contributed by atoms with Crippen molar-refractivity contribution in [3.05, 3.63) is 10.6 Å². The predicted molar refractivity (Wildman–Crippen MR) is 39.9 cm³/mol. The lowest BCUT2D eigenvalue weighted by Crippen LogP contribution is -2.01. The fourth-order valence-corrected chi connectivity index (χ4v) is 0.407. The Bertz CT molecular complexity index is 132. The van der Waals surface area contributed by atoms with Crippen molar-refractivity contribution in [1.29, 1.82) is 0 Å². The molecule has 0 saturated heterocycles. The molecular formula is C3Br3F3. The summed E-state index contributed by atoms with van der Waals surface area (Å²) in [5, 5.41) is 0. The van der Waals surface area contributed by atoms with E-state index in [1.54, 1.807) is 0 Å². The molecule has 6 heteroatoms. The molecule has 0 aliphatic heterocycles. The van der Waals surface area contributed by atoms with E-state index in [-0.39, 0.29) is 0 Å². The summed E-state index contributed by atoms with van der Waals surface area (Å²) in [5.74, 6) is 0. The fraction of sp³-hybridized carbons (Fsp3) is 0.333. The summed E-state index contributed by atoms with van der Waals surface area (Å²) < 4.78 is 32.0. The standard InChI is InChI=1S/C3Br3F3/c4-1(2(7)8)3(5,6)9. The molecule has 54 valence electrons. The summed E-state index contributed by atoms with van der Waals surface area (Å²) in [6, 6.07) is 0. The lowest BCUT2D eigenvalue weighted by Gasteiger charge is -2.05. The quantitative estimate of drug-likeness (QED) is 0.639. The van der Waals surface area contributed by atoms with E-state index in [1.165, 1.54) is 0 Å². The van der Waals surface area contributed by atoms with Crippen LogP contribution in [0.2, 0.25) is 0 Å². The number of alkyl halides is 3. The maximum Gasteiger partial charge on any atom is 0.285 e. The number of hydrogen-bond donors (Lipinski definition) is 0. The van der Waals surface area contributed by atoms with Crippen LogP contribution in [0.5, 0.6) is 0 Å². The normalized spacial score (nSPS) is 11.3. The van der Waals surface area contributed by atoms with Gasteiger partial charge in [0.1, 0.15) is 4.48 Å². The molecule has 0 N–H and O–H groups in total. The fourth-order valence-electron chi connectivity index (χ4n) is 0.107. The van der Waals surface area contributed by atoms with Gasteiger partial charge in [-0.2, -0.15) is 8.78 Å². The van der Waals surface area contributed by atoms with Crippen LogP contribution >= 0.6 is 47.8 Å². The molecule has 0 nitrogen and oxygen atoms in total. The van der Waals surface area contributed by atoms with E-state index in [4.69, 9.17) is 0 Å². The van der Waals surface area contributed by atoms with Crippen molar-refractivity contribution in [3.63, 3.8) is 0 Å². The molecule has 0 aromatic rings. The van der Waals surface area contributed by atoms with Crippen LogP contribution in [0.3, 0.4) is 0 Å². The van der Waals surface area contributed by atoms with Crippen LogP contribution in [-0.4, -0.2) is 3.49 Å². The largest absolute Gasteiger partial charge is 0.285 e. The first-order valence-electron chi connectivity index (χ1n) is 1.63. The second-order valence-corrected chi connectivity index (χ2v) is 5.11. The molecule has 0 aliphatic rings. The number of allylic oxidation sites excluding steroid dienone is 1. The zero-order valence-corrected chi connectivity index (χ0v) is 8.53. The third-order valence-electron chi connectivity index (χ3n) is 0.415. The number of rotatable bonds is 1. The molecule has 0 radical (unpaired) electrons. The Labute approximate surface area is 74.9 Å². The zero-order chi connectivity index (χ0) is 7.65. The van der Waals surface area contributed by atoms with Gasteiger partial charge in [-0.15, -0.1) is 0 Å². The van der Waals surface area contributed by atoms with Gasteiger partial charge in [-0.05, 0) is 47.8 Å². The van der Waals surface area contributed by atoms with Gasteiger partial charge in [0.15, 0.2) is 0 Å². The van der Waals surface area contributed by atoms with Gasteiger partial charge in [0.25, 0.3) is 9.57 Å². The molecule has 0 heterocycles. The Morgan fingerprint density at radius 2 is 1.56 bits per heavy atom. The zero-order valence-electron chi connectivity index (χ0n) is 3.77. The molecule has 0 spiro atoms. The van der Waals surface area contributed by atoms with Gasteiger partial charge in [0, 0.05) is 0 Å². The van der Waals surface area contributed by atoms with Crippen molar-refractivity contribution < 1.29 is 13.2 Å². The molecule has 0 fully saturated rings. The van der Waals surface area contributed by atoms with Crippen LogP contribution in [0.1, 0.15) is 0 Å². The second-order valence-electron chi connectivity index (χ2n) is 1.07. The van der Waals surface area contributed by atoms with Crippen molar-refractivity contribution in [2.24, 2.45) is 0 Å². The van der Waals surface area contributed by atoms with Crippen molar-refractivity contribution in [3.8, 4) is 0 Å². The van der Waals surface area contributed by atoms with Gasteiger partial charge < -0.3 is 0 Å². The highest BCUT2D eigenvalue weighted by Gasteiger charge is 2.29. The van der Waals surface area contributed by atoms with Gasteiger partial charge in [-0.3, -0.25) is 0 Å². The first kappa shape index (κ1) is 9.97. The Morgan fingerprint density at radius 3 is 1.56 bits per heavy atom. The molecular weight excluding hydrogens is 333 g/mol. The van der Waals surface area contributed by atoms with Gasteiger partial charge in [-0.1, -0.05) is 0 Å². The maximum absolute atomic E-state index is 12.3. The second kappa shape index (κ2) is 3.39. The van der Waals surface area contributed by atoms with Crippen molar-refractivity contribution in [2.45, 2.75) is 3.49 Å². The van der Waals surface area contributed by atoms with Gasteiger partial charge in [-0.25, -0.2) is 4.39 Å². The average molecular weight is 333 g/mol. The summed E-state index contributed by atoms with van der Waals surface area (Å²) in [5.41, 5.74) is 0. The van der Waals surface area contributed by atoms with E-state index >= 15 is 0 Å². The SMILES string of the molecule is FC(F)=C(Br)C(F)(Br)Br. The van der Waals surface area contributed by atoms with Crippen molar-refractivity contribution >= 4 is 47.8 Å². The van der Waals surface area contributed by atoms with E-state index < -0.39 is 14.1 Å². The lowest BCUT2D eigenvalue weighted by molar-refractivity contribution is 0.396. The van der Waals surface area contributed by atoms with Crippen LogP contribution < -0.4 is 0 Å². The Balaban J connectivity index is 4.40. The summed E-state index contributed by atoms with van der Waals surface area (Å²) in [6.07, 6.45) is -2.11. The van der Waals surface area contributed by atoms with Crippen LogP contribution in [0, 0.1) is 0 Å². The van der Waals surface area contributed by atoms with Gasteiger partial charge in [0.2, 0.25) is 0 Å². The van der Waals surface area contributed by atoms with Crippen LogP contribution in [0.25, 0.3) is 0 Å². The molecule has 0 saturated carbocycles. The lowest BCUT2D eigenvalue weighted by atomic mass is 10.7. The van der Waals surface area contributed by atoms with E-state index in [0.717, 1.165) is 0 Å². The minimum atomic E-state index is -2.35. The third kappa shape index (κ3) is 3.62. The Hall–Kier alpha value is 0.970. The molecule has 0 unspecified atom stereocenters.